The third-order valence-corrected chi connectivity index (χ3v) is 3.72. The van der Waals surface area contributed by atoms with Crippen molar-refractivity contribution in [1.29, 1.82) is 0 Å². The fourth-order valence-corrected chi connectivity index (χ4v) is 2.57. The van der Waals surface area contributed by atoms with Crippen molar-refractivity contribution in [3.05, 3.63) is 52.3 Å². The van der Waals surface area contributed by atoms with Gasteiger partial charge in [0, 0.05) is 24.3 Å². The summed E-state index contributed by atoms with van der Waals surface area (Å²) in [5, 5.41) is 7.54. The Balaban J connectivity index is 2.36. The first-order valence-corrected chi connectivity index (χ1v) is 6.56. The van der Waals surface area contributed by atoms with E-state index in [1.165, 1.54) is 6.07 Å². The lowest BCUT2D eigenvalue weighted by Gasteiger charge is -2.17. The maximum Gasteiger partial charge on any atom is 0.162 e. The summed E-state index contributed by atoms with van der Waals surface area (Å²) in [4.78, 5) is 0. The highest BCUT2D eigenvalue weighted by Crippen LogP contribution is 2.25. The van der Waals surface area contributed by atoms with Crippen LogP contribution in [0.2, 0.25) is 0 Å². The van der Waals surface area contributed by atoms with Crippen molar-refractivity contribution in [2.75, 3.05) is 7.05 Å². The number of aromatic nitrogens is 2. The van der Waals surface area contributed by atoms with Gasteiger partial charge in [0.25, 0.3) is 0 Å². The molecule has 0 bridgehead atoms. The first-order chi connectivity index (χ1) is 9.45. The van der Waals surface area contributed by atoms with Crippen LogP contribution in [0.25, 0.3) is 0 Å². The minimum Gasteiger partial charge on any atom is -0.313 e. The zero-order chi connectivity index (χ0) is 14.9. The van der Waals surface area contributed by atoms with Crippen molar-refractivity contribution in [2.45, 2.75) is 26.3 Å². The first kappa shape index (κ1) is 14.7. The molecule has 20 heavy (non-hydrogen) atoms. The lowest BCUT2D eigenvalue weighted by molar-refractivity contribution is 0.486. The Kier molecular flexibility index (Phi) is 4.18. The van der Waals surface area contributed by atoms with Gasteiger partial charge in [-0.05, 0) is 38.9 Å². The molecule has 0 aliphatic carbocycles. The van der Waals surface area contributed by atoms with Crippen LogP contribution in [-0.4, -0.2) is 16.8 Å². The second kappa shape index (κ2) is 5.71. The van der Waals surface area contributed by atoms with E-state index in [0.717, 1.165) is 23.0 Å². The molecular weight excluding hydrogens is 260 g/mol. The molecule has 1 atom stereocenters. The van der Waals surface area contributed by atoms with Crippen LogP contribution >= 0.6 is 0 Å². The summed E-state index contributed by atoms with van der Waals surface area (Å²) >= 11 is 0. The molecule has 0 fully saturated rings. The minimum atomic E-state index is -0.808. The second-order valence-corrected chi connectivity index (χ2v) is 4.97. The Hall–Kier alpha value is -1.75. The second-order valence-electron chi connectivity index (χ2n) is 4.97. The Morgan fingerprint density at radius 2 is 2.00 bits per heavy atom. The summed E-state index contributed by atoms with van der Waals surface area (Å²) in [5.74, 6) is -1.58. The minimum absolute atomic E-state index is 0.0972. The molecule has 2 rings (SSSR count). The van der Waals surface area contributed by atoms with Gasteiger partial charge in [0.05, 0.1) is 5.69 Å². The quantitative estimate of drug-likeness (QED) is 0.932. The maximum atomic E-state index is 13.8. The van der Waals surface area contributed by atoms with Crippen molar-refractivity contribution < 1.29 is 8.78 Å². The number of nitrogens with one attached hydrogen (secondary N) is 1. The van der Waals surface area contributed by atoms with Crippen LogP contribution in [0.3, 0.4) is 0 Å². The molecule has 0 amide bonds. The van der Waals surface area contributed by atoms with Gasteiger partial charge in [0.15, 0.2) is 11.6 Å². The molecule has 1 unspecified atom stereocenters. The average Bonchev–Trinajstić information content (AvgIpc) is 2.66. The van der Waals surface area contributed by atoms with E-state index in [1.807, 2.05) is 27.9 Å². The number of hydrogen-bond acceptors (Lipinski definition) is 2. The van der Waals surface area contributed by atoms with Gasteiger partial charge < -0.3 is 5.32 Å². The molecule has 0 saturated carbocycles. The van der Waals surface area contributed by atoms with E-state index in [4.69, 9.17) is 0 Å². The number of hydrogen-bond donors (Lipinski definition) is 1. The summed E-state index contributed by atoms with van der Waals surface area (Å²) in [6, 6.07) is 4.18. The zero-order valence-corrected chi connectivity index (χ0v) is 12.2. The highest BCUT2D eigenvalue weighted by atomic mass is 19.2. The monoisotopic (exact) mass is 279 g/mol. The fourth-order valence-electron chi connectivity index (χ4n) is 2.57. The smallest absolute Gasteiger partial charge is 0.162 e. The molecule has 1 heterocycles. The molecule has 1 aromatic carbocycles. The molecule has 0 aliphatic rings. The number of aryl methyl sites for hydroxylation is 2. The van der Waals surface area contributed by atoms with Crippen molar-refractivity contribution in [3.8, 4) is 0 Å². The van der Waals surface area contributed by atoms with Crippen LogP contribution in [0.5, 0.6) is 0 Å². The molecule has 0 spiro atoms. The van der Waals surface area contributed by atoms with Crippen molar-refractivity contribution in [2.24, 2.45) is 7.05 Å². The van der Waals surface area contributed by atoms with Gasteiger partial charge in [-0.15, -0.1) is 0 Å². The first-order valence-electron chi connectivity index (χ1n) is 6.56. The van der Waals surface area contributed by atoms with E-state index in [2.05, 4.69) is 10.4 Å². The summed E-state index contributed by atoms with van der Waals surface area (Å²) < 4.78 is 28.9. The Labute approximate surface area is 117 Å². The van der Waals surface area contributed by atoms with Gasteiger partial charge in [0.1, 0.15) is 0 Å². The third kappa shape index (κ3) is 2.58. The van der Waals surface area contributed by atoms with E-state index in [-0.39, 0.29) is 6.04 Å². The molecule has 2 aromatic rings. The number of halogens is 2. The van der Waals surface area contributed by atoms with Crippen LogP contribution in [0.1, 0.15) is 28.6 Å². The maximum absolute atomic E-state index is 13.8. The molecule has 0 saturated heterocycles. The summed E-state index contributed by atoms with van der Waals surface area (Å²) in [5.41, 5.74) is 3.34. The number of benzene rings is 1. The van der Waals surface area contributed by atoms with E-state index in [0.29, 0.717) is 12.0 Å². The Morgan fingerprint density at radius 1 is 1.30 bits per heavy atom. The number of rotatable bonds is 4. The molecule has 108 valence electrons. The predicted molar refractivity (Wildman–Crippen MR) is 74.5 cm³/mol. The van der Waals surface area contributed by atoms with Crippen LogP contribution in [0.4, 0.5) is 8.78 Å². The standard InChI is InChI=1S/C15H19F2N3/c1-9-14(10(2)20(4)19-9)13(18-3)8-11-6-5-7-12(16)15(11)17/h5-7,13,18H,8H2,1-4H3. The molecule has 3 nitrogen and oxygen atoms in total. The van der Waals surface area contributed by atoms with Crippen molar-refractivity contribution in [3.63, 3.8) is 0 Å². The van der Waals surface area contributed by atoms with Crippen LogP contribution in [0, 0.1) is 25.5 Å². The van der Waals surface area contributed by atoms with E-state index >= 15 is 0 Å². The highest BCUT2D eigenvalue weighted by Gasteiger charge is 2.21. The molecule has 5 heteroatoms. The van der Waals surface area contributed by atoms with Crippen LogP contribution in [0.15, 0.2) is 18.2 Å². The normalized spacial score (nSPS) is 12.7. The lowest BCUT2D eigenvalue weighted by atomic mass is 9.97. The average molecular weight is 279 g/mol. The van der Waals surface area contributed by atoms with Gasteiger partial charge in [-0.3, -0.25) is 4.68 Å². The SMILES string of the molecule is CNC(Cc1cccc(F)c1F)c1c(C)nn(C)c1C. The van der Waals surface area contributed by atoms with Crippen molar-refractivity contribution >= 4 is 0 Å². The van der Waals surface area contributed by atoms with Gasteiger partial charge >= 0.3 is 0 Å². The van der Waals surface area contributed by atoms with E-state index < -0.39 is 11.6 Å². The predicted octanol–water partition coefficient (Wildman–Crippen LogP) is 2.82. The van der Waals surface area contributed by atoms with Crippen LogP contribution in [-0.2, 0) is 13.5 Å². The lowest BCUT2D eigenvalue weighted by Crippen LogP contribution is -2.21. The molecule has 1 aromatic heterocycles. The summed E-state index contributed by atoms with van der Waals surface area (Å²) in [7, 11) is 3.69. The molecular formula is C15H19F2N3. The van der Waals surface area contributed by atoms with Gasteiger partial charge in [-0.25, -0.2) is 8.78 Å². The number of likely N-dealkylation sites (N-methyl/N-ethyl adjacent to an activating group) is 1. The topological polar surface area (TPSA) is 29.9 Å². The van der Waals surface area contributed by atoms with E-state index in [1.54, 1.807) is 10.7 Å². The van der Waals surface area contributed by atoms with Gasteiger partial charge in [-0.1, -0.05) is 12.1 Å². The van der Waals surface area contributed by atoms with Crippen molar-refractivity contribution in [1.82, 2.24) is 15.1 Å². The molecule has 0 aliphatic heterocycles. The Bertz CT molecular complexity index is 620. The van der Waals surface area contributed by atoms with E-state index in [9.17, 15) is 8.78 Å². The number of nitrogens with zero attached hydrogens (tertiary/aromatic N) is 2. The molecule has 1 N–H and O–H groups in total. The third-order valence-electron chi connectivity index (χ3n) is 3.72. The van der Waals surface area contributed by atoms with Crippen LogP contribution < -0.4 is 5.32 Å². The largest absolute Gasteiger partial charge is 0.313 e. The highest BCUT2D eigenvalue weighted by molar-refractivity contribution is 5.31. The zero-order valence-electron chi connectivity index (χ0n) is 12.2. The van der Waals surface area contributed by atoms with Gasteiger partial charge in [-0.2, -0.15) is 5.10 Å². The van der Waals surface area contributed by atoms with Gasteiger partial charge in [0.2, 0.25) is 0 Å². The summed E-state index contributed by atoms with van der Waals surface area (Å²) in [6.45, 7) is 3.90. The summed E-state index contributed by atoms with van der Waals surface area (Å²) in [6.07, 6.45) is 0.382. The molecule has 0 radical (unpaired) electrons. The fraction of sp³-hybridized carbons (Fsp3) is 0.400. The Morgan fingerprint density at radius 3 is 2.55 bits per heavy atom.